The Morgan fingerprint density at radius 1 is 1.86 bits per heavy atom. The molecule has 0 aromatic carbocycles. The molecule has 0 N–H and O–H groups in total. The summed E-state index contributed by atoms with van der Waals surface area (Å²) in [7, 11) is 0. The molecule has 0 aliphatic rings. The molecular formula is C5H5OS. The van der Waals surface area contributed by atoms with E-state index in [-0.39, 0.29) is 5.12 Å². The molecule has 0 aromatic heterocycles. The zero-order chi connectivity index (χ0) is 5.70. The number of rotatable bonds is 2. The van der Waals surface area contributed by atoms with Crippen molar-refractivity contribution in [2.24, 2.45) is 0 Å². The maximum absolute atomic E-state index is 9.92. The molecule has 0 aromatic rings. The van der Waals surface area contributed by atoms with Crippen molar-refractivity contribution < 1.29 is 4.79 Å². The molecule has 1 nitrogen and oxygen atoms in total. The zero-order valence-corrected chi connectivity index (χ0v) is 4.62. The van der Waals surface area contributed by atoms with Crippen molar-refractivity contribution in [1.82, 2.24) is 0 Å². The Hall–Kier alpha value is -0.550. The van der Waals surface area contributed by atoms with Gasteiger partial charge in [-0.3, -0.25) is 4.79 Å². The van der Waals surface area contributed by atoms with E-state index in [4.69, 9.17) is 6.42 Å². The topological polar surface area (TPSA) is 17.1 Å². The van der Waals surface area contributed by atoms with E-state index in [0.717, 1.165) is 0 Å². The predicted molar refractivity (Wildman–Crippen MR) is 30.7 cm³/mol. The SMILES string of the molecule is C#CCCC(=O)[S]. The van der Waals surface area contributed by atoms with Crippen LogP contribution in [0.1, 0.15) is 12.8 Å². The molecule has 0 heterocycles. The van der Waals surface area contributed by atoms with Gasteiger partial charge in [-0.2, -0.15) is 0 Å². The van der Waals surface area contributed by atoms with Crippen LogP contribution in [-0.4, -0.2) is 5.12 Å². The summed E-state index contributed by atoms with van der Waals surface area (Å²) in [5.41, 5.74) is 0. The molecule has 1 radical (unpaired) electrons. The molecule has 0 saturated heterocycles. The Bertz CT molecular complexity index is 101. The van der Waals surface area contributed by atoms with Crippen LogP contribution in [0.5, 0.6) is 0 Å². The van der Waals surface area contributed by atoms with E-state index >= 15 is 0 Å². The van der Waals surface area contributed by atoms with Crippen LogP contribution < -0.4 is 0 Å². The Morgan fingerprint density at radius 3 is 2.57 bits per heavy atom. The van der Waals surface area contributed by atoms with Crippen LogP contribution in [-0.2, 0) is 4.79 Å². The first kappa shape index (κ1) is 6.45. The molecule has 0 fully saturated rings. The average molecular weight is 113 g/mol. The summed E-state index contributed by atoms with van der Waals surface area (Å²) in [5, 5.41) is -0.252. The van der Waals surface area contributed by atoms with Crippen molar-refractivity contribution in [1.29, 1.82) is 0 Å². The molecule has 2 heteroatoms. The molecule has 37 valence electrons. The van der Waals surface area contributed by atoms with E-state index in [9.17, 15) is 4.79 Å². The quantitative estimate of drug-likeness (QED) is 0.490. The predicted octanol–water partition coefficient (Wildman–Crippen LogP) is 1.12. The van der Waals surface area contributed by atoms with Gasteiger partial charge < -0.3 is 0 Å². The molecule has 0 unspecified atom stereocenters. The number of terminal acetylenes is 1. The minimum Gasteiger partial charge on any atom is -0.282 e. The first-order chi connectivity index (χ1) is 3.27. The highest BCUT2D eigenvalue weighted by atomic mass is 32.1. The van der Waals surface area contributed by atoms with E-state index in [1.54, 1.807) is 0 Å². The monoisotopic (exact) mass is 113 g/mol. The third kappa shape index (κ3) is 5.45. The summed E-state index contributed by atoms with van der Waals surface area (Å²) in [6.07, 6.45) is 5.64. The summed E-state index contributed by atoms with van der Waals surface area (Å²) in [4.78, 5) is 9.92. The molecule has 7 heavy (non-hydrogen) atoms. The molecule has 0 saturated carbocycles. The standard InChI is InChI=1S/C5H5OS/c1-2-3-4-5(6)7/h1H,3-4H2. The lowest BCUT2D eigenvalue weighted by molar-refractivity contribution is -0.110. The summed E-state index contributed by atoms with van der Waals surface area (Å²) < 4.78 is 0. The summed E-state index contributed by atoms with van der Waals surface area (Å²) >= 11 is 4.21. The van der Waals surface area contributed by atoms with Gasteiger partial charge in [0.1, 0.15) is 0 Å². The third-order valence-corrected chi connectivity index (χ3v) is 0.678. The van der Waals surface area contributed by atoms with Crippen LogP contribution in [0.4, 0.5) is 0 Å². The van der Waals surface area contributed by atoms with E-state index in [0.29, 0.717) is 12.8 Å². The lowest BCUT2D eigenvalue weighted by atomic mass is 10.3. The van der Waals surface area contributed by atoms with Crippen molar-refractivity contribution in [2.45, 2.75) is 12.8 Å². The van der Waals surface area contributed by atoms with Gasteiger partial charge in [0, 0.05) is 12.8 Å². The van der Waals surface area contributed by atoms with Gasteiger partial charge in [0.2, 0.25) is 5.12 Å². The fourth-order valence-electron chi connectivity index (χ4n) is 0.174. The first-order valence-electron chi connectivity index (χ1n) is 1.90. The Kier molecular flexibility index (Phi) is 3.35. The van der Waals surface area contributed by atoms with Gasteiger partial charge in [-0.15, -0.1) is 12.3 Å². The second-order valence-electron chi connectivity index (χ2n) is 1.08. The number of carbonyl (C=O) groups is 1. The molecule has 0 spiro atoms. The first-order valence-corrected chi connectivity index (χ1v) is 2.31. The second-order valence-corrected chi connectivity index (χ2v) is 1.53. The Morgan fingerprint density at radius 2 is 2.43 bits per heavy atom. The molecule has 0 bridgehead atoms. The summed E-state index contributed by atoms with van der Waals surface area (Å²) in [6, 6.07) is 0. The van der Waals surface area contributed by atoms with Gasteiger partial charge >= 0.3 is 0 Å². The maximum Gasteiger partial charge on any atom is 0.219 e. The summed E-state index contributed by atoms with van der Waals surface area (Å²) in [6.45, 7) is 0. The van der Waals surface area contributed by atoms with Gasteiger partial charge in [-0.1, -0.05) is 0 Å². The number of hydrogen-bond donors (Lipinski definition) is 0. The average Bonchev–Trinajstić information content (AvgIpc) is 1.61. The summed E-state index contributed by atoms with van der Waals surface area (Å²) in [5.74, 6) is 2.31. The van der Waals surface area contributed by atoms with Crippen molar-refractivity contribution >= 4 is 17.7 Å². The zero-order valence-electron chi connectivity index (χ0n) is 3.81. The van der Waals surface area contributed by atoms with Gasteiger partial charge in [-0.25, -0.2) is 0 Å². The normalized spacial score (nSPS) is 7.29. The molecule has 0 aliphatic carbocycles. The third-order valence-electron chi connectivity index (χ3n) is 0.473. The number of carbonyl (C=O) groups excluding carboxylic acids is 1. The minimum absolute atomic E-state index is 0.252. The van der Waals surface area contributed by atoms with E-state index in [1.165, 1.54) is 0 Å². The number of hydrogen-bond acceptors (Lipinski definition) is 1. The van der Waals surface area contributed by atoms with Crippen LogP contribution in [0.2, 0.25) is 0 Å². The minimum atomic E-state index is -0.252. The van der Waals surface area contributed by atoms with Crippen molar-refractivity contribution in [3.63, 3.8) is 0 Å². The molecule has 0 rings (SSSR count). The van der Waals surface area contributed by atoms with Crippen molar-refractivity contribution in [2.75, 3.05) is 0 Å². The highest BCUT2D eigenvalue weighted by molar-refractivity contribution is 7.96. The van der Waals surface area contributed by atoms with Crippen LogP contribution in [0.15, 0.2) is 0 Å². The maximum atomic E-state index is 9.92. The van der Waals surface area contributed by atoms with Gasteiger partial charge in [0.05, 0.1) is 0 Å². The van der Waals surface area contributed by atoms with Crippen molar-refractivity contribution in [3.05, 3.63) is 0 Å². The van der Waals surface area contributed by atoms with Crippen molar-refractivity contribution in [3.8, 4) is 12.3 Å². The fourth-order valence-corrected chi connectivity index (χ4v) is 0.276. The molecule has 0 aliphatic heterocycles. The lowest BCUT2D eigenvalue weighted by Gasteiger charge is -1.78. The van der Waals surface area contributed by atoms with Gasteiger partial charge in [-0.05, 0) is 12.6 Å². The second kappa shape index (κ2) is 3.63. The van der Waals surface area contributed by atoms with Crippen LogP contribution >= 0.6 is 12.6 Å². The molecule has 0 amide bonds. The van der Waals surface area contributed by atoms with Gasteiger partial charge in [0.15, 0.2) is 0 Å². The smallest absolute Gasteiger partial charge is 0.219 e. The Labute approximate surface area is 48.5 Å². The van der Waals surface area contributed by atoms with Crippen LogP contribution in [0, 0.1) is 12.3 Å². The van der Waals surface area contributed by atoms with E-state index in [1.807, 2.05) is 0 Å². The largest absolute Gasteiger partial charge is 0.282 e. The highest BCUT2D eigenvalue weighted by Gasteiger charge is 1.89. The fraction of sp³-hybridized carbons (Fsp3) is 0.400. The molecular weight excluding hydrogens is 108 g/mol. The van der Waals surface area contributed by atoms with Crippen LogP contribution in [0.3, 0.4) is 0 Å². The lowest BCUT2D eigenvalue weighted by Crippen LogP contribution is -1.81. The van der Waals surface area contributed by atoms with E-state index < -0.39 is 0 Å². The van der Waals surface area contributed by atoms with E-state index in [2.05, 4.69) is 18.5 Å². The Balaban J connectivity index is 3.02. The van der Waals surface area contributed by atoms with Gasteiger partial charge in [0.25, 0.3) is 0 Å². The van der Waals surface area contributed by atoms with Crippen LogP contribution in [0.25, 0.3) is 0 Å². The highest BCUT2D eigenvalue weighted by Crippen LogP contribution is 1.90. The molecule has 0 atom stereocenters.